The van der Waals surface area contributed by atoms with Crippen molar-refractivity contribution in [2.45, 2.75) is 13.8 Å². The van der Waals surface area contributed by atoms with E-state index in [0.717, 1.165) is 33.2 Å². The van der Waals surface area contributed by atoms with Crippen LogP contribution < -0.4 is 0 Å². The quantitative estimate of drug-likeness (QED) is 0.484. The van der Waals surface area contributed by atoms with E-state index < -0.39 is 0 Å². The van der Waals surface area contributed by atoms with Crippen LogP contribution >= 0.6 is 11.3 Å². The number of thiophene rings is 1. The standard InChI is InChI=1S/C21H18N2S/c1-14-5-9-16(10-6-14)19-20(17-11-7-15(2)8-12-17)23-21(22-19)18-4-3-13-24-18/h3-13H,1-2H3,(H,22,23). The fraction of sp³-hybridized carbons (Fsp3) is 0.0952. The summed E-state index contributed by atoms with van der Waals surface area (Å²) < 4.78 is 0. The van der Waals surface area contributed by atoms with Gasteiger partial charge in [-0.3, -0.25) is 0 Å². The first-order valence-electron chi connectivity index (χ1n) is 7.99. The van der Waals surface area contributed by atoms with Gasteiger partial charge in [-0.05, 0) is 25.3 Å². The molecule has 24 heavy (non-hydrogen) atoms. The molecule has 2 aromatic carbocycles. The van der Waals surface area contributed by atoms with Gasteiger partial charge in [-0.15, -0.1) is 11.3 Å². The highest BCUT2D eigenvalue weighted by Gasteiger charge is 2.15. The molecule has 0 unspecified atom stereocenters. The summed E-state index contributed by atoms with van der Waals surface area (Å²) in [5, 5.41) is 2.08. The smallest absolute Gasteiger partial charge is 0.148 e. The molecular formula is C21H18N2S. The second-order valence-corrected chi connectivity index (χ2v) is 6.97. The molecule has 1 N–H and O–H groups in total. The third-order valence-corrected chi connectivity index (χ3v) is 5.00. The minimum atomic E-state index is 0.927. The molecule has 0 saturated heterocycles. The number of nitrogens with zero attached hydrogens (tertiary/aromatic N) is 1. The predicted molar refractivity (Wildman–Crippen MR) is 102 cm³/mol. The first-order chi connectivity index (χ1) is 11.7. The summed E-state index contributed by atoms with van der Waals surface area (Å²) in [6.45, 7) is 4.21. The summed E-state index contributed by atoms with van der Waals surface area (Å²) in [5.74, 6) is 0.927. The van der Waals surface area contributed by atoms with Crippen molar-refractivity contribution in [3.63, 3.8) is 0 Å². The van der Waals surface area contributed by atoms with Crippen molar-refractivity contribution in [2.75, 3.05) is 0 Å². The van der Waals surface area contributed by atoms with E-state index in [2.05, 4.69) is 84.9 Å². The fourth-order valence-corrected chi connectivity index (χ4v) is 3.42. The topological polar surface area (TPSA) is 28.7 Å². The number of aryl methyl sites for hydroxylation is 2. The number of hydrogen-bond donors (Lipinski definition) is 1. The Morgan fingerprint density at radius 2 is 1.42 bits per heavy atom. The molecule has 0 atom stereocenters. The lowest BCUT2D eigenvalue weighted by Gasteiger charge is -2.04. The van der Waals surface area contributed by atoms with Gasteiger partial charge in [0.15, 0.2) is 0 Å². The van der Waals surface area contributed by atoms with Crippen molar-refractivity contribution in [3.8, 4) is 33.2 Å². The van der Waals surface area contributed by atoms with Crippen molar-refractivity contribution in [1.29, 1.82) is 0 Å². The Morgan fingerprint density at radius 1 is 0.792 bits per heavy atom. The lowest BCUT2D eigenvalue weighted by atomic mass is 10.0. The van der Waals surface area contributed by atoms with Crippen molar-refractivity contribution in [1.82, 2.24) is 9.97 Å². The van der Waals surface area contributed by atoms with Crippen molar-refractivity contribution < 1.29 is 0 Å². The van der Waals surface area contributed by atoms with E-state index in [-0.39, 0.29) is 0 Å². The van der Waals surface area contributed by atoms with E-state index in [0.29, 0.717) is 0 Å². The monoisotopic (exact) mass is 330 g/mol. The molecule has 0 radical (unpaired) electrons. The second kappa shape index (κ2) is 6.10. The van der Waals surface area contributed by atoms with Crippen LogP contribution in [0, 0.1) is 13.8 Å². The Hall–Kier alpha value is -2.65. The molecule has 0 amide bonds. The molecule has 4 rings (SSSR count). The van der Waals surface area contributed by atoms with Crippen molar-refractivity contribution in [3.05, 3.63) is 77.2 Å². The average molecular weight is 330 g/mol. The molecule has 0 aliphatic carbocycles. The second-order valence-electron chi connectivity index (χ2n) is 6.02. The number of aromatic amines is 1. The SMILES string of the molecule is Cc1ccc(-c2nc(-c3cccs3)[nH]c2-c2ccc(C)cc2)cc1. The van der Waals surface area contributed by atoms with Gasteiger partial charge >= 0.3 is 0 Å². The lowest BCUT2D eigenvalue weighted by Crippen LogP contribution is -1.84. The summed E-state index contributed by atoms with van der Waals surface area (Å²) in [7, 11) is 0. The lowest BCUT2D eigenvalue weighted by molar-refractivity contribution is 1.33. The first-order valence-corrected chi connectivity index (χ1v) is 8.86. The minimum absolute atomic E-state index is 0.927. The van der Waals surface area contributed by atoms with E-state index in [1.807, 2.05) is 0 Å². The highest BCUT2D eigenvalue weighted by atomic mass is 32.1. The van der Waals surface area contributed by atoms with E-state index in [1.165, 1.54) is 11.1 Å². The number of H-pyrrole nitrogens is 1. The summed E-state index contributed by atoms with van der Waals surface area (Å²) in [6, 6.07) is 21.3. The van der Waals surface area contributed by atoms with Gasteiger partial charge in [-0.1, -0.05) is 65.7 Å². The van der Waals surface area contributed by atoms with Crippen LogP contribution in [0.5, 0.6) is 0 Å². The Balaban J connectivity index is 1.89. The molecule has 2 heterocycles. The summed E-state index contributed by atoms with van der Waals surface area (Å²) >= 11 is 1.70. The minimum Gasteiger partial charge on any atom is -0.337 e. The maximum Gasteiger partial charge on any atom is 0.148 e. The van der Waals surface area contributed by atoms with Gasteiger partial charge in [0, 0.05) is 11.1 Å². The van der Waals surface area contributed by atoms with Crippen LogP contribution in [-0.2, 0) is 0 Å². The highest BCUT2D eigenvalue weighted by Crippen LogP contribution is 2.34. The number of rotatable bonds is 3. The molecule has 2 nitrogen and oxygen atoms in total. The van der Waals surface area contributed by atoms with E-state index in [9.17, 15) is 0 Å². The van der Waals surface area contributed by atoms with E-state index in [1.54, 1.807) is 11.3 Å². The molecule has 0 saturated carbocycles. The number of benzene rings is 2. The molecule has 3 heteroatoms. The van der Waals surface area contributed by atoms with Crippen molar-refractivity contribution >= 4 is 11.3 Å². The third-order valence-electron chi connectivity index (χ3n) is 4.12. The number of imidazole rings is 1. The highest BCUT2D eigenvalue weighted by molar-refractivity contribution is 7.13. The van der Waals surface area contributed by atoms with Gasteiger partial charge in [-0.25, -0.2) is 4.98 Å². The molecule has 0 spiro atoms. The molecule has 0 aliphatic rings. The fourth-order valence-electron chi connectivity index (χ4n) is 2.75. The number of aromatic nitrogens is 2. The summed E-state index contributed by atoms with van der Waals surface area (Å²) in [5.41, 5.74) is 6.88. The van der Waals surface area contributed by atoms with Crippen LogP contribution in [-0.4, -0.2) is 9.97 Å². The Bertz CT molecular complexity index is 883. The summed E-state index contributed by atoms with van der Waals surface area (Å²) in [4.78, 5) is 9.59. The maximum atomic E-state index is 4.91. The van der Waals surface area contributed by atoms with E-state index >= 15 is 0 Å². The third kappa shape index (κ3) is 2.79. The Morgan fingerprint density at radius 3 is 2.00 bits per heavy atom. The molecule has 4 aromatic rings. The molecule has 0 bridgehead atoms. The average Bonchev–Trinajstić information content (AvgIpc) is 3.26. The van der Waals surface area contributed by atoms with Crippen LogP contribution in [0.3, 0.4) is 0 Å². The molecule has 118 valence electrons. The van der Waals surface area contributed by atoms with Gasteiger partial charge in [-0.2, -0.15) is 0 Å². The Kier molecular flexibility index (Phi) is 3.79. The first kappa shape index (κ1) is 14.9. The van der Waals surface area contributed by atoms with Gasteiger partial charge in [0.05, 0.1) is 16.3 Å². The largest absolute Gasteiger partial charge is 0.337 e. The van der Waals surface area contributed by atoms with Gasteiger partial charge < -0.3 is 4.98 Å². The molecule has 0 fully saturated rings. The van der Waals surface area contributed by atoms with Crippen LogP contribution in [0.1, 0.15) is 11.1 Å². The van der Waals surface area contributed by atoms with Gasteiger partial charge in [0.25, 0.3) is 0 Å². The zero-order valence-electron chi connectivity index (χ0n) is 13.7. The van der Waals surface area contributed by atoms with Crippen LogP contribution in [0.15, 0.2) is 66.0 Å². The molecule has 0 aliphatic heterocycles. The van der Waals surface area contributed by atoms with Crippen molar-refractivity contribution in [2.24, 2.45) is 0 Å². The number of nitrogens with one attached hydrogen (secondary N) is 1. The Labute approximate surface area is 145 Å². The van der Waals surface area contributed by atoms with Gasteiger partial charge in [0.1, 0.15) is 5.82 Å². The zero-order chi connectivity index (χ0) is 16.5. The van der Waals surface area contributed by atoms with Gasteiger partial charge in [0.2, 0.25) is 0 Å². The van der Waals surface area contributed by atoms with Crippen LogP contribution in [0.25, 0.3) is 33.2 Å². The normalized spacial score (nSPS) is 10.9. The molecule has 2 aromatic heterocycles. The molecular weight excluding hydrogens is 312 g/mol. The summed E-state index contributed by atoms with van der Waals surface area (Å²) in [6.07, 6.45) is 0. The predicted octanol–water partition coefficient (Wildman–Crippen LogP) is 6.09. The van der Waals surface area contributed by atoms with Crippen LogP contribution in [0.2, 0.25) is 0 Å². The van der Waals surface area contributed by atoms with E-state index in [4.69, 9.17) is 4.98 Å². The maximum absolute atomic E-state index is 4.91. The number of hydrogen-bond acceptors (Lipinski definition) is 2. The zero-order valence-corrected chi connectivity index (χ0v) is 14.5. The van der Waals surface area contributed by atoms with Crippen LogP contribution in [0.4, 0.5) is 0 Å².